The lowest BCUT2D eigenvalue weighted by atomic mass is 10.1. The van der Waals surface area contributed by atoms with Crippen LogP contribution < -0.4 is 10.2 Å². The van der Waals surface area contributed by atoms with Crippen molar-refractivity contribution in [1.29, 1.82) is 0 Å². The summed E-state index contributed by atoms with van der Waals surface area (Å²) in [5, 5.41) is 2.87. The first-order chi connectivity index (χ1) is 17.9. The van der Waals surface area contributed by atoms with Crippen LogP contribution in [0.25, 0.3) is 0 Å². The zero-order valence-electron chi connectivity index (χ0n) is 20.9. The van der Waals surface area contributed by atoms with E-state index in [-0.39, 0.29) is 29.8 Å². The summed E-state index contributed by atoms with van der Waals surface area (Å²) in [5.41, 5.74) is 2.68. The molecule has 0 aromatic heterocycles. The first-order valence-corrected chi connectivity index (χ1v) is 12.4. The molecule has 0 bridgehead atoms. The second-order valence-electron chi connectivity index (χ2n) is 8.94. The van der Waals surface area contributed by atoms with E-state index >= 15 is 0 Å². The van der Waals surface area contributed by atoms with E-state index < -0.39 is 5.82 Å². The number of piperazine rings is 1. The van der Waals surface area contributed by atoms with Gasteiger partial charge in [-0.1, -0.05) is 49.4 Å². The number of nitrogens with zero attached hydrogens (tertiary/aromatic N) is 3. The van der Waals surface area contributed by atoms with Gasteiger partial charge in [0.1, 0.15) is 12.4 Å². The summed E-state index contributed by atoms with van der Waals surface area (Å²) >= 11 is 0. The predicted octanol–water partition coefficient (Wildman–Crippen LogP) is 4.17. The molecule has 0 unspecified atom stereocenters. The minimum atomic E-state index is -0.505. The van der Waals surface area contributed by atoms with Crippen LogP contribution in [0.15, 0.2) is 78.9 Å². The molecule has 1 aliphatic rings. The van der Waals surface area contributed by atoms with E-state index in [9.17, 15) is 18.8 Å². The minimum Gasteiger partial charge on any atom is -0.368 e. The van der Waals surface area contributed by atoms with Crippen molar-refractivity contribution in [1.82, 2.24) is 9.80 Å². The molecule has 0 aliphatic carbocycles. The number of carbonyl (C=O) groups excluding carboxylic acids is 3. The van der Waals surface area contributed by atoms with Crippen molar-refractivity contribution in [2.24, 2.45) is 0 Å². The van der Waals surface area contributed by atoms with Crippen LogP contribution in [-0.2, 0) is 16.1 Å². The van der Waals surface area contributed by atoms with Crippen molar-refractivity contribution < 1.29 is 18.8 Å². The summed E-state index contributed by atoms with van der Waals surface area (Å²) in [5.74, 6) is -1.14. The highest BCUT2D eigenvalue weighted by atomic mass is 19.1. The molecule has 1 saturated heterocycles. The van der Waals surface area contributed by atoms with E-state index in [1.54, 1.807) is 28.9 Å². The summed E-state index contributed by atoms with van der Waals surface area (Å²) in [6.45, 7) is 4.38. The molecule has 0 radical (unpaired) electrons. The average molecular weight is 503 g/mol. The molecule has 1 heterocycles. The Morgan fingerprint density at radius 1 is 0.865 bits per heavy atom. The molecule has 0 atom stereocenters. The van der Waals surface area contributed by atoms with Crippen molar-refractivity contribution in [2.75, 3.05) is 42.9 Å². The first-order valence-electron chi connectivity index (χ1n) is 12.4. The van der Waals surface area contributed by atoms with Crippen LogP contribution in [0.1, 0.15) is 29.3 Å². The number of halogens is 1. The van der Waals surface area contributed by atoms with Gasteiger partial charge < -0.3 is 20.0 Å². The van der Waals surface area contributed by atoms with Crippen molar-refractivity contribution >= 4 is 29.1 Å². The van der Waals surface area contributed by atoms with Gasteiger partial charge in [0.2, 0.25) is 11.8 Å². The van der Waals surface area contributed by atoms with Crippen molar-refractivity contribution in [3.05, 3.63) is 95.8 Å². The lowest BCUT2D eigenvalue weighted by Crippen LogP contribution is -2.49. The van der Waals surface area contributed by atoms with Gasteiger partial charge in [-0.05, 0) is 42.0 Å². The molecule has 3 aromatic rings. The Morgan fingerprint density at radius 2 is 1.51 bits per heavy atom. The maximum Gasteiger partial charge on any atom is 0.256 e. The number of rotatable bonds is 8. The fourth-order valence-corrected chi connectivity index (χ4v) is 4.36. The average Bonchev–Trinajstić information content (AvgIpc) is 2.93. The Kier molecular flexibility index (Phi) is 8.51. The third kappa shape index (κ3) is 6.73. The number of amides is 3. The molecule has 1 N–H and O–H groups in total. The molecule has 1 fully saturated rings. The first kappa shape index (κ1) is 25.9. The second-order valence-corrected chi connectivity index (χ2v) is 8.94. The molecule has 7 nitrogen and oxygen atoms in total. The molecule has 0 spiro atoms. The van der Waals surface area contributed by atoms with Crippen LogP contribution in [0.4, 0.5) is 15.8 Å². The van der Waals surface area contributed by atoms with E-state index in [0.717, 1.165) is 11.3 Å². The van der Waals surface area contributed by atoms with E-state index in [4.69, 9.17) is 0 Å². The molecule has 37 heavy (non-hydrogen) atoms. The van der Waals surface area contributed by atoms with Crippen LogP contribution in [0, 0.1) is 5.82 Å². The van der Waals surface area contributed by atoms with Gasteiger partial charge in [-0.25, -0.2) is 4.39 Å². The number of hydrogen-bond acceptors (Lipinski definition) is 4. The number of carbonyl (C=O) groups is 3. The highest BCUT2D eigenvalue weighted by molar-refractivity contribution is 5.95. The van der Waals surface area contributed by atoms with Crippen molar-refractivity contribution in [3.63, 3.8) is 0 Å². The molecule has 192 valence electrons. The number of anilines is 2. The molecule has 8 heteroatoms. The quantitative estimate of drug-likeness (QED) is 0.502. The number of benzene rings is 3. The highest BCUT2D eigenvalue weighted by Gasteiger charge is 2.24. The largest absolute Gasteiger partial charge is 0.368 e. The Labute approximate surface area is 216 Å². The normalized spacial score (nSPS) is 13.2. The predicted molar refractivity (Wildman–Crippen MR) is 142 cm³/mol. The summed E-state index contributed by atoms with van der Waals surface area (Å²) in [6.07, 6.45) is 0.327. The summed E-state index contributed by atoms with van der Waals surface area (Å²) < 4.78 is 14.0. The molecular formula is C29H31FN4O3. The summed E-state index contributed by atoms with van der Waals surface area (Å²) in [4.78, 5) is 43.1. The lowest BCUT2D eigenvalue weighted by Gasteiger charge is -2.36. The maximum absolute atomic E-state index is 14.0. The topological polar surface area (TPSA) is 73.0 Å². The van der Waals surface area contributed by atoms with Gasteiger partial charge in [0.15, 0.2) is 0 Å². The van der Waals surface area contributed by atoms with Gasteiger partial charge in [0.25, 0.3) is 5.91 Å². The lowest BCUT2D eigenvalue weighted by molar-refractivity contribution is -0.135. The fourth-order valence-electron chi connectivity index (χ4n) is 4.36. The molecule has 1 aliphatic heterocycles. The van der Waals surface area contributed by atoms with E-state index in [1.807, 2.05) is 54.6 Å². The van der Waals surface area contributed by atoms with Crippen LogP contribution in [0.3, 0.4) is 0 Å². The van der Waals surface area contributed by atoms with E-state index in [2.05, 4.69) is 10.2 Å². The van der Waals surface area contributed by atoms with E-state index in [0.29, 0.717) is 44.8 Å². The van der Waals surface area contributed by atoms with Gasteiger partial charge in [0.05, 0.1) is 5.56 Å². The van der Waals surface area contributed by atoms with Crippen molar-refractivity contribution in [3.8, 4) is 0 Å². The second kappa shape index (κ2) is 12.2. The Morgan fingerprint density at radius 3 is 2.16 bits per heavy atom. The van der Waals surface area contributed by atoms with Crippen molar-refractivity contribution in [2.45, 2.75) is 19.9 Å². The summed E-state index contributed by atoms with van der Waals surface area (Å²) in [6, 6.07) is 23.1. The van der Waals surface area contributed by atoms with Gasteiger partial charge in [-0.3, -0.25) is 14.4 Å². The Hall–Kier alpha value is -4.20. The molecule has 4 rings (SSSR count). The zero-order chi connectivity index (χ0) is 26.2. The number of hydrogen-bond donors (Lipinski definition) is 1. The van der Waals surface area contributed by atoms with Gasteiger partial charge in [0, 0.05) is 50.5 Å². The smallest absolute Gasteiger partial charge is 0.256 e. The van der Waals surface area contributed by atoms with Gasteiger partial charge >= 0.3 is 0 Å². The minimum absolute atomic E-state index is 0.0265. The van der Waals surface area contributed by atoms with E-state index in [1.165, 1.54) is 12.1 Å². The number of nitrogens with one attached hydrogen (secondary N) is 1. The van der Waals surface area contributed by atoms with Crippen LogP contribution in [0.2, 0.25) is 0 Å². The van der Waals surface area contributed by atoms with Crippen LogP contribution in [-0.4, -0.2) is 60.2 Å². The van der Waals surface area contributed by atoms with Crippen LogP contribution in [0.5, 0.6) is 0 Å². The van der Waals surface area contributed by atoms with Gasteiger partial charge in [-0.2, -0.15) is 0 Å². The molecular weight excluding hydrogens is 471 g/mol. The SMILES string of the molecule is CCC(=O)N(CC(=O)Nc1ccc(N2CCN(C(=O)c3ccccc3F)CC2)cc1)Cc1ccccc1. The molecule has 3 amide bonds. The fraction of sp³-hybridized carbons (Fsp3) is 0.276. The Balaban J connectivity index is 1.30. The zero-order valence-corrected chi connectivity index (χ0v) is 20.9. The standard InChI is InChI=1S/C29H31FN4O3/c1-2-28(36)34(20-22-8-4-3-5-9-22)21-27(35)31-23-12-14-24(15-13-23)32-16-18-33(19-17-32)29(37)25-10-6-7-11-26(25)30/h3-15H,2,16-21H2,1H3,(H,31,35). The molecule has 3 aromatic carbocycles. The monoisotopic (exact) mass is 502 g/mol. The molecule has 0 saturated carbocycles. The third-order valence-corrected chi connectivity index (χ3v) is 6.39. The Bertz CT molecular complexity index is 1230. The highest BCUT2D eigenvalue weighted by Crippen LogP contribution is 2.21. The summed E-state index contributed by atoms with van der Waals surface area (Å²) in [7, 11) is 0. The van der Waals surface area contributed by atoms with Gasteiger partial charge in [-0.15, -0.1) is 0 Å². The van der Waals surface area contributed by atoms with Crippen LogP contribution >= 0.6 is 0 Å². The maximum atomic E-state index is 14.0. The third-order valence-electron chi connectivity index (χ3n) is 6.39.